The Kier molecular flexibility index (Phi) is 9.71. The molecule has 11 nitrogen and oxygen atoms in total. The number of halogens is 2. The summed E-state index contributed by atoms with van der Waals surface area (Å²) in [6, 6.07) is 1.93. The predicted molar refractivity (Wildman–Crippen MR) is 136 cm³/mol. The molecule has 0 saturated carbocycles. The molecule has 210 valence electrons. The molecular formula is C26H32F2N6O5. The number of aliphatic hydroxyl groups excluding tert-OH is 2. The molecule has 1 saturated heterocycles. The third-order valence-corrected chi connectivity index (χ3v) is 6.54. The number of amides is 1. The topological polar surface area (TPSA) is 147 Å². The van der Waals surface area contributed by atoms with Crippen molar-refractivity contribution in [2.75, 3.05) is 37.7 Å². The number of ether oxygens (including phenoxy) is 1. The molecular weight excluding hydrogens is 514 g/mol. The van der Waals surface area contributed by atoms with Gasteiger partial charge in [-0.25, -0.2) is 18.7 Å². The average molecular weight is 547 g/mol. The van der Waals surface area contributed by atoms with Crippen LogP contribution >= 0.6 is 0 Å². The number of nitrogens with zero attached hydrogens (tertiary/aromatic N) is 5. The molecule has 3 N–H and O–H groups in total. The second kappa shape index (κ2) is 13.4. The highest BCUT2D eigenvalue weighted by Crippen LogP contribution is 2.26. The normalized spacial score (nSPS) is 14.8. The summed E-state index contributed by atoms with van der Waals surface area (Å²) >= 11 is 0. The van der Waals surface area contributed by atoms with Gasteiger partial charge < -0.3 is 29.7 Å². The summed E-state index contributed by atoms with van der Waals surface area (Å²) in [6.07, 6.45) is 6.39. The van der Waals surface area contributed by atoms with Crippen LogP contribution in [0.2, 0.25) is 0 Å². The van der Waals surface area contributed by atoms with E-state index in [2.05, 4.69) is 30.3 Å². The lowest BCUT2D eigenvalue weighted by molar-refractivity contribution is 0.0796. The van der Waals surface area contributed by atoms with E-state index in [1.54, 1.807) is 12.4 Å². The standard InChI is InChI=1S/C26H32F2N6O5/c1-2-22-32-24(33-39-22)17-12-30-26(31-13-17)34-7-5-16(6-8-34)4-3-9-38-19-10-20(27)23(21(28)11-19)25(37)29-14-18(36)15-35/h10-13,16,18,35-36H,2-9,14-15H2,1H3,(H,29,37). The number of nitrogens with one attached hydrogen (secondary N) is 1. The minimum atomic E-state index is -1.22. The summed E-state index contributed by atoms with van der Waals surface area (Å²) in [5.74, 6) is -0.959. The van der Waals surface area contributed by atoms with Gasteiger partial charge in [0.15, 0.2) is 0 Å². The van der Waals surface area contributed by atoms with E-state index in [1.165, 1.54) is 0 Å². The maximum Gasteiger partial charge on any atom is 0.257 e. The average Bonchev–Trinajstić information content (AvgIpc) is 3.44. The van der Waals surface area contributed by atoms with Gasteiger partial charge >= 0.3 is 0 Å². The van der Waals surface area contributed by atoms with Gasteiger partial charge in [0.05, 0.1) is 24.9 Å². The number of benzene rings is 1. The van der Waals surface area contributed by atoms with Crippen LogP contribution in [-0.4, -0.2) is 75.2 Å². The molecule has 0 aliphatic carbocycles. The molecule has 0 spiro atoms. The van der Waals surface area contributed by atoms with Crippen LogP contribution in [0.15, 0.2) is 29.0 Å². The Hall–Kier alpha value is -3.71. The number of aliphatic hydroxyl groups is 2. The van der Waals surface area contributed by atoms with E-state index in [4.69, 9.17) is 14.4 Å². The fraction of sp³-hybridized carbons (Fsp3) is 0.500. The number of hydrogen-bond donors (Lipinski definition) is 3. The van der Waals surface area contributed by atoms with E-state index in [0.717, 1.165) is 44.5 Å². The summed E-state index contributed by atoms with van der Waals surface area (Å²) in [5.41, 5.74) is -0.0639. The SMILES string of the molecule is CCc1nc(-c2cnc(N3CCC(CCCOc4cc(F)c(C(=O)NCC(O)CO)c(F)c4)CC3)nc2)no1. The molecule has 3 heterocycles. The number of piperidine rings is 1. The molecule has 2 aromatic heterocycles. The molecule has 1 amide bonds. The van der Waals surface area contributed by atoms with Crippen LogP contribution < -0.4 is 15.0 Å². The maximum atomic E-state index is 14.4. The second-order valence-electron chi connectivity index (χ2n) is 9.37. The Bertz CT molecular complexity index is 1210. The van der Waals surface area contributed by atoms with Crippen molar-refractivity contribution < 1.29 is 33.0 Å². The molecule has 4 rings (SSSR count). The van der Waals surface area contributed by atoms with Gasteiger partial charge in [-0.2, -0.15) is 4.98 Å². The monoisotopic (exact) mass is 546 g/mol. The molecule has 1 fully saturated rings. The van der Waals surface area contributed by atoms with Crippen LogP contribution in [0, 0.1) is 17.6 Å². The number of anilines is 1. The first-order chi connectivity index (χ1) is 18.9. The van der Waals surface area contributed by atoms with Crippen LogP contribution in [0.25, 0.3) is 11.4 Å². The molecule has 1 atom stereocenters. The van der Waals surface area contributed by atoms with E-state index >= 15 is 0 Å². The zero-order valence-electron chi connectivity index (χ0n) is 21.6. The van der Waals surface area contributed by atoms with Crippen molar-refractivity contribution in [3.63, 3.8) is 0 Å². The fourth-order valence-corrected chi connectivity index (χ4v) is 4.31. The number of carbonyl (C=O) groups excluding carboxylic acids is 1. The molecule has 13 heteroatoms. The Balaban J connectivity index is 1.19. The molecule has 0 bridgehead atoms. The van der Waals surface area contributed by atoms with Gasteiger partial charge in [0, 0.05) is 50.6 Å². The van der Waals surface area contributed by atoms with Crippen molar-refractivity contribution in [3.05, 3.63) is 47.6 Å². The smallest absolute Gasteiger partial charge is 0.257 e. The fourth-order valence-electron chi connectivity index (χ4n) is 4.31. The Morgan fingerprint density at radius 1 is 1.23 bits per heavy atom. The highest BCUT2D eigenvalue weighted by atomic mass is 19.1. The van der Waals surface area contributed by atoms with Crippen molar-refractivity contribution >= 4 is 11.9 Å². The number of aryl methyl sites for hydroxylation is 1. The molecule has 1 unspecified atom stereocenters. The van der Waals surface area contributed by atoms with Gasteiger partial charge in [0.2, 0.25) is 17.7 Å². The highest BCUT2D eigenvalue weighted by molar-refractivity contribution is 5.94. The van der Waals surface area contributed by atoms with Gasteiger partial charge in [-0.05, 0) is 31.6 Å². The molecule has 0 radical (unpaired) electrons. The summed E-state index contributed by atoms with van der Waals surface area (Å²) in [7, 11) is 0. The van der Waals surface area contributed by atoms with Crippen LogP contribution in [0.3, 0.4) is 0 Å². The zero-order valence-corrected chi connectivity index (χ0v) is 21.6. The molecule has 3 aromatic rings. The molecule has 1 aromatic carbocycles. The third-order valence-electron chi connectivity index (χ3n) is 6.54. The van der Waals surface area contributed by atoms with Gasteiger partial charge in [0.1, 0.15) is 22.9 Å². The van der Waals surface area contributed by atoms with Crippen molar-refractivity contribution in [2.45, 2.75) is 45.1 Å². The molecule has 39 heavy (non-hydrogen) atoms. The zero-order chi connectivity index (χ0) is 27.8. The molecule has 1 aliphatic heterocycles. The first-order valence-corrected chi connectivity index (χ1v) is 13.0. The van der Waals surface area contributed by atoms with Crippen molar-refractivity contribution in [3.8, 4) is 17.1 Å². The lowest BCUT2D eigenvalue weighted by Gasteiger charge is -2.32. The van der Waals surface area contributed by atoms with Crippen LogP contribution in [0.5, 0.6) is 5.75 Å². The van der Waals surface area contributed by atoms with Gasteiger partial charge in [-0.3, -0.25) is 4.79 Å². The highest BCUT2D eigenvalue weighted by Gasteiger charge is 2.22. The quantitative estimate of drug-likeness (QED) is 0.290. The number of rotatable bonds is 12. The molecule has 1 aliphatic rings. The van der Waals surface area contributed by atoms with Crippen molar-refractivity contribution in [1.29, 1.82) is 0 Å². The van der Waals surface area contributed by atoms with Crippen LogP contribution in [-0.2, 0) is 6.42 Å². The summed E-state index contributed by atoms with van der Waals surface area (Å²) in [5, 5.41) is 24.2. The van der Waals surface area contributed by atoms with Crippen LogP contribution in [0.4, 0.5) is 14.7 Å². The number of aromatic nitrogens is 4. The van der Waals surface area contributed by atoms with E-state index in [1.807, 2.05) is 6.92 Å². The minimum Gasteiger partial charge on any atom is -0.493 e. The van der Waals surface area contributed by atoms with Crippen molar-refractivity contribution in [1.82, 2.24) is 25.4 Å². The minimum absolute atomic E-state index is 0.000837. The van der Waals surface area contributed by atoms with Gasteiger partial charge in [0.25, 0.3) is 5.91 Å². The van der Waals surface area contributed by atoms with Gasteiger partial charge in [-0.1, -0.05) is 12.1 Å². The van der Waals surface area contributed by atoms with E-state index in [9.17, 15) is 18.7 Å². The van der Waals surface area contributed by atoms with E-state index in [-0.39, 0.29) is 18.9 Å². The predicted octanol–water partition coefficient (Wildman–Crippen LogP) is 2.53. The lowest BCUT2D eigenvalue weighted by Crippen LogP contribution is -2.35. The Morgan fingerprint density at radius 3 is 2.54 bits per heavy atom. The van der Waals surface area contributed by atoms with Crippen LogP contribution in [0.1, 0.15) is 48.9 Å². The Morgan fingerprint density at radius 2 is 1.92 bits per heavy atom. The number of hydrogen-bond acceptors (Lipinski definition) is 10. The first-order valence-electron chi connectivity index (χ1n) is 13.0. The first kappa shape index (κ1) is 28.3. The van der Waals surface area contributed by atoms with E-state index in [0.29, 0.717) is 42.0 Å². The van der Waals surface area contributed by atoms with Crippen molar-refractivity contribution in [2.24, 2.45) is 5.92 Å². The maximum absolute atomic E-state index is 14.4. The lowest BCUT2D eigenvalue weighted by atomic mass is 9.92. The van der Waals surface area contributed by atoms with E-state index < -0.39 is 35.8 Å². The summed E-state index contributed by atoms with van der Waals surface area (Å²) in [6.45, 7) is 2.96. The Labute approximate surface area is 224 Å². The number of carbonyl (C=O) groups is 1. The summed E-state index contributed by atoms with van der Waals surface area (Å²) < 4.78 is 39.4. The second-order valence-corrected chi connectivity index (χ2v) is 9.37. The van der Waals surface area contributed by atoms with Gasteiger partial charge in [-0.15, -0.1) is 0 Å². The largest absolute Gasteiger partial charge is 0.493 e. The third kappa shape index (κ3) is 7.45. The summed E-state index contributed by atoms with van der Waals surface area (Å²) in [4.78, 5) is 27.4.